The zero-order valence-corrected chi connectivity index (χ0v) is 18.3. The Morgan fingerprint density at radius 3 is 2.29 bits per heavy atom. The van der Waals surface area contributed by atoms with Crippen LogP contribution in [0.2, 0.25) is 0 Å². The van der Waals surface area contributed by atoms with E-state index in [1.165, 1.54) is 31.5 Å². The molecule has 2 aromatic carbocycles. The molecule has 0 bridgehead atoms. The lowest BCUT2D eigenvalue weighted by atomic mass is 9.96. The maximum absolute atomic E-state index is 12.7. The van der Waals surface area contributed by atoms with Crippen LogP contribution in [-0.4, -0.2) is 47.8 Å². The van der Waals surface area contributed by atoms with Gasteiger partial charge in [0.15, 0.2) is 0 Å². The van der Waals surface area contributed by atoms with Crippen LogP contribution in [0.3, 0.4) is 0 Å². The number of nitrogens with one attached hydrogen (secondary N) is 1. The van der Waals surface area contributed by atoms with Gasteiger partial charge in [-0.2, -0.15) is 0 Å². The molecule has 4 rings (SSSR count). The van der Waals surface area contributed by atoms with Crippen molar-refractivity contribution < 1.29 is 9.59 Å². The number of nitrogens with zero attached hydrogens (tertiary/aromatic N) is 2. The van der Waals surface area contributed by atoms with Gasteiger partial charge in [-0.1, -0.05) is 54.6 Å². The molecule has 164 valence electrons. The topological polar surface area (TPSA) is 52.7 Å². The van der Waals surface area contributed by atoms with Crippen LogP contribution in [0, 0.1) is 5.92 Å². The van der Waals surface area contributed by atoms with E-state index in [2.05, 4.69) is 34.5 Å². The first-order valence-electron chi connectivity index (χ1n) is 11.6. The van der Waals surface area contributed by atoms with Gasteiger partial charge in [0.2, 0.25) is 11.8 Å². The zero-order valence-electron chi connectivity index (χ0n) is 18.3. The Kier molecular flexibility index (Phi) is 7.36. The first kappa shape index (κ1) is 21.6. The molecule has 1 N–H and O–H groups in total. The number of hydrogen-bond acceptors (Lipinski definition) is 3. The average molecular weight is 420 g/mol. The van der Waals surface area contributed by atoms with Crippen molar-refractivity contribution in [2.24, 2.45) is 5.92 Å². The largest absolute Gasteiger partial charge is 0.352 e. The molecule has 2 amide bonds. The molecule has 1 unspecified atom stereocenters. The molecule has 0 aliphatic carbocycles. The first-order valence-corrected chi connectivity index (χ1v) is 11.6. The Morgan fingerprint density at radius 1 is 0.839 bits per heavy atom. The molecule has 5 heteroatoms. The predicted molar refractivity (Wildman–Crippen MR) is 122 cm³/mol. The molecular weight excluding hydrogens is 386 g/mol. The van der Waals surface area contributed by atoms with Gasteiger partial charge >= 0.3 is 0 Å². The third kappa shape index (κ3) is 6.17. The Hall–Kier alpha value is -2.66. The Labute approximate surface area is 185 Å². The van der Waals surface area contributed by atoms with Crippen LogP contribution in [0.1, 0.15) is 42.4 Å². The minimum atomic E-state index is -0.122. The normalized spacial score (nSPS) is 19.4. The number of hydrogen-bond donors (Lipinski definition) is 1. The van der Waals surface area contributed by atoms with Crippen LogP contribution in [0.15, 0.2) is 54.6 Å². The highest BCUT2D eigenvalue weighted by atomic mass is 16.2. The van der Waals surface area contributed by atoms with Crippen molar-refractivity contribution >= 4 is 11.8 Å². The summed E-state index contributed by atoms with van der Waals surface area (Å²) in [5.74, 6) is 0.0403. The lowest BCUT2D eigenvalue weighted by molar-refractivity contribution is -0.135. The second kappa shape index (κ2) is 10.6. The number of rotatable bonds is 7. The van der Waals surface area contributed by atoms with Gasteiger partial charge < -0.3 is 10.2 Å². The fourth-order valence-corrected chi connectivity index (χ4v) is 4.59. The number of carbonyl (C=O) groups is 2. The number of carbonyl (C=O) groups excluding carboxylic acids is 2. The smallest absolute Gasteiger partial charge is 0.227 e. The monoisotopic (exact) mass is 419 g/mol. The number of likely N-dealkylation sites (tertiary alicyclic amines) is 2. The van der Waals surface area contributed by atoms with Crippen molar-refractivity contribution in [1.29, 1.82) is 0 Å². The molecule has 5 nitrogen and oxygen atoms in total. The standard InChI is InChI=1S/C26H33N3O2/c30-25(17-21-7-2-1-3-8-21)29-16-6-9-24(20-29)26(31)27-18-22-10-12-23(13-11-22)19-28-14-4-5-15-28/h1-3,7-8,10-13,24H,4-6,9,14-20H2,(H,27,31). The molecular formula is C26H33N3O2. The van der Waals surface area contributed by atoms with E-state index >= 15 is 0 Å². The van der Waals surface area contributed by atoms with Gasteiger partial charge in [-0.05, 0) is 55.5 Å². The van der Waals surface area contributed by atoms with Gasteiger partial charge in [0.25, 0.3) is 0 Å². The summed E-state index contributed by atoms with van der Waals surface area (Å²) >= 11 is 0. The summed E-state index contributed by atoms with van der Waals surface area (Å²) in [6.07, 6.45) is 4.74. The molecule has 2 saturated heterocycles. The second-order valence-electron chi connectivity index (χ2n) is 8.86. The minimum Gasteiger partial charge on any atom is -0.352 e. The highest BCUT2D eigenvalue weighted by Crippen LogP contribution is 2.18. The first-order chi connectivity index (χ1) is 15.2. The molecule has 0 saturated carbocycles. The lowest BCUT2D eigenvalue weighted by Gasteiger charge is -2.32. The summed E-state index contributed by atoms with van der Waals surface area (Å²) in [5.41, 5.74) is 3.47. The molecule has 0 spiro atoms. The van der Waals surface area contributed by atoms with E-state index in [0.717, 1.165) is 37.1 Å². The molecule has 2 aliphatic heterocycles. The third-order valence-electron chi connectivity index (χ3n) is 6.44. The Balaban J connectivity index is 1.24. The van der Waals surface area contributed by atoms with Crippen molar-refractivity contribution in [3.63, 3.8) is 0 Å². The van der Waals surface area contributed by atoms with Crippen LogP contribution in [0.5, 0.6) is 0 Å². The van der Waals surface area contributed by atoms with E-state index in [1.807, 2.05) is 35.2 Å². The zero-order chi connectivity index (χ0) is 21.5. The maximum Gasteiger partial charge on any atom is 0.227 e. The van der Waals surface area contributed by atoms with Crippen LogP contribution in [0.25, 0.3) is 0 Å². The lowest BCUT2D eigenvalue weighted by Crippen LogP contribution is -2.45. The minimum absolute atomic E-state index is 0.0540. The average Bonchev–Trinajstić information content (AvgIpc) is 3.32. The van der Waals surface area contributed by atoms with Crippen LogP contribution in [0.4, 0.5) is 0 Å². The summed E-state index contributed by atoms with van der Waals surface area (Å²) < 4.78 is 0. The fourth-order valence-electron chi connectivity index (χ4n) is 4.59. The maximum atomic E-state index is 12.7. The van der Waals surface area contributed by atoms with Gasteiger partial charge in [-0.3, -0.25) is 14.5 Å². The van der Waals surface area contributed by atoms with Gasteiger partial charge in [0.1, 0.15) is 0 Å². The highest BCUT2D eigenvalue weighted by molar-refractivity contribution is 5.82. The number of piperidine rings is 1. The molecule has 2 heterocycles. The van der Waals surface area contributed by atoms with Crippen molar-refractivity contribution in [2.75, 3.05) is 26.2 Å². The van der Waals surface area contributed by atoms with Gasteiger partial charge in [-0.25, -0.2) is 0 Å². The fraction of sp³-hybridized carbons (Fsp3) is 0.462. The predicted octanol–water partition coefficient (Wildman–Crippen LogP) is 3.38. The molecule has 31 heavy (non-hydrogen) atoms. The number of amides is 2. The molecule has 2 aliphatic rings. The molecule has 0 aromatic heterocycles. The summed E-state index contributed by atoms with van der Waals surface area (Å²) in [6, 6.07) is 18.4. The van der Waals surface area contributed by atoms with Crippen molar-refractivity contribution in [1.82, 2.24) is 15.1 Å². The van der Waals surface area contributed by atoms with E-state index in [0.29, 0.717) is 19.5 Å². The molecule has 2 aromatic rings. The quantitative estimate of drug-likeness (QED) is 0.749. The van der Waals surface area contributed by atoms with Crippen LogP contribution in [-0.2, 0) is 29.1 Å². The molecule has 1 atom stereocenters. The van der Waals surface area contributed by atoms with E-state index < -0.39 is 0 Å². The Bertz CT molecular complexity index is 860. The summed E-state index contributed by atoms with van der Waals surface area (Å²) in [5, 5.41) is 3.08. The van der Waals surface area contributed by atoms with Crippen molar-refractivity contribution in [3.8, 4) is 0 Å². The Morgan fingerprint density at radius 2 is 1.55 bits per heavy atom. The molecule has 2 fully saturated rings. The molecule has 0 radical (unpaired) electrons. The van der Waals surface area contributed by atoms with E-state index in [-0.39, 0.29) is 17.7 Å². The van der Waals surface area contributed by atoms with Crippen molar-refractivity contribution in [2.45, 2.75) is 45.2 Å². The van der Waals surface area contributed by atoms with Gasteiger partial charge in [0.05, 0.1) is 12.3 Å². The second-order valence-corrected chi connectivity index (χ2v) is 8.86. The van der Waals surface area contributed by atoms with Crippen LogP contribution < -0.4 is 5.32 Å². The third-order valence-corrected chi connectivity index (χ3v) is 6.44. The van der Waals surface area contributed by atoms with Crippen LogP contribution >= 0.6 is 0 Å². The summed E-state index contributed by atoms with van der Waals surface area (Å²) in [6.45, 7) is 5.22. The van der Waals surface area contributed by atoms with E-state index in [4.69, 9.17) is 0 Å². The summed E-state index contributed by atoms with van der Waals surface area (Å²) in [4.78, 5) is 29.7. The van der Waals surface area contributed by atoms with Gasteiger partial charge in [0, 0.05) is 26.2 Å². The SMILES string of the molecule is O=C(NCc1ccc(CN2CCCC2)cc1)C1CCCN(C(=O)Cc2ccccc2)C1. The van der Waals surface area contributed by atoms with Crippen molar-refractivity contribution in [3.05, 3.63) is 71.3 Å². The van der Waals surface area contributed by atoms with Gasteiger partial charge in [-0.15, -0.1) is 0 Å². The van der Waals surface area contributed by atoms with E-state index in [9.17, 15) is 9.59 Å². The summed E-state index contributed by atoms with van der Waals surface area (Å²) in [7, 11) is 0. The highest BCUT2D eigenvalue weighted by Gasteiger charge is 2.28. The van der Waals surface area contributed by atoms with E-state index in [1.54, 1.807) is 0 Å². The number of benzene rings is 2.